The second-order valence-corrected chi connectivity index (χ2v) is 5.65. The molecule has 0 N–H and O–H groups in total. The first-order valence-corrected chi connectivity index (χ1v) is 7.13. The maximum Gasteiger partial charge on any atom is 0.178 e. The van der Waals surface area contributed by atoms with E-state index in [9.17, 15) is 9.18 Å². The van der Waals surface area contributed by atoms with Crippen LogP contribution in [0.2, 0.25) is 10.0 Å². The second-order valence-electron chi connectivity index (χ2n) is 4.81. The summed E-state index contributed by atoms with van der Waals surface area (Å²) in [6.45, 7) is 0.499. The Kier molecular flexibility index (Phi) is 5.34. The quantitative estimate of drug-likeness (QED) is 0.757. The molecule has 0 spiro atoms. The Morgan fingerprint density at radius 1 is 1.19 bits per heavy atom. The highest BCUT2D eigenvalue weighted by molar-refractivity contribution is 6.36. The van der Waals surface area contributed by atoms with Crippen molar-refractivity contribution in [1.82, 2.24) is 4.90 Å². The zero-order chi connectivity index (χ0) is 15.4. The number of carbonyl (C=O) groups is 1. The molecular weight excluding hydrogens is 312 g/mol. The summed E-state index contributed by atoms with van der Waals surface area (Å²) < 4.78 is 13.6. The first-order chi connectivity index (χ1) is 9.97. The predicted molar refractivity (Wildman–Crippen MR) is 83.5 cm³/mol. The van der Waals surface area contributed by atoms with E-state index in [0.29, 0.717) is 27.7 Å². The van der Waals surface area contributed by atoms with Crippen molar-refractivity contribution in [2.45, 2.75) is 6.54 Å². The molecule has 0 amide bonds. The van der Waals surface area contributed by atoms with Crippen LogP contribution >= 0.6 is 23.2 Å². The summed E-state index contributed by atoms with van der Waals surface area (Å²) in [6, 6.07) is 11.3. The van der Waals surface area contributed by atoms with E-state index in [4.69, 9.17) is 23.2 Å². The summed E-state index contributed by atoms with van der Waals surface area (Å²) >= 11 is 11.8. The fourth-order valence-corrected chi connectivity index (χ4v) is 2.53. The third-order valence-corrected chi connectivity index (χ3v) is 3.59. The molecule has 0 heterocycles. The topological polar surface area (TPSA) is 20.3 Å². The van der Waals surface area contributed by atoms with Crippen LogP contribution in [0.4, 0.5) is 4.39 Å². The molecular formula is C16H14Cl2FNO. The number of halogens is 3. The number of Topliss-reactive ketones (excluding diaryl/α,β-unsaturated/α-hetero) is 1. The minimum absolute atomic E-state index is 0.129. The summed E-state index contributed by atoms with van der Waals surface area (Å²) in [4.78, 5) is 13.9. The highest BCUT2D eigenvalue weighted by Crippen LogP contribution is 2.21. The van der Waals surface area contributed by atoms with Crippen LogP contribution in [0.25, 0.3) is 0 Å². The maximum atomic E-state index is 13.6. The molecule has 5 heteroatoms. The van der Waals surface area contributed by atoms with Crippen molar-refractivity contribution < 1.29 is 9.18 Å². The van der Waals surface area contributed by atoms with Gasteiger partial charge in [-0.2, -0.15) is 0 Å². The number of hydrogen-bond acceptors (Lipinski definition) is 2. The molecule has 0 aliphatic rings. The Balaban J connectivity index is 2.04. The van der Waals surface area contributed by atoms with Crippen molar-refractivity contribution in [3.63, 3.8) is 0 Å². The van der Waals surface area contributed by atoms with Gasteiger partial charge in [0.05, 0.1) is 11.6 Å². The van der Waals surface area contributed by atoms with Crippen LogP contribution < -0.4 is 0 Å². The molecule has 0 radical (unpaired) electrons. The molecule has 2 aromatic carbocycles. The summed E-state index contributed by atoms with van der Waals surface area (Å²) in [6.07, 6.45) is 0. The third kappa shape index (κ3) is 4.27. The number of likely N-dealkylation sites (N-methyl/N-ethyl adjacent to an activating group) is 1. The lowest BCUT2D eigenvalue weighted by Gasteiger charge is -2.16. The van der Waals surface area contributed by atoms with Crippen molar-refractivity contribution in [2.75, 3.05) is 13.6 Å². The van der Waals surface area contributed by atoms with Crippen molar-refractivity contribution in [2.24, 2.45) is 0 Å². The van der Waals surface area contributed by atoms with Crippen LogP contribution in [0.1, 0.15) is 15.9 Å². The van der Waals surface area contributed by atoms with Gasteiger partial charge in [0.1, 0.15) is 5.82 Å². The maximum absolute atomic E-state index is 13.6. The number of carbonyl (C=O) groups excluding carboxylic acids is 1. The number of rotatable bonds is 5. The van der Waals surface area contributed by atoms with Crippen LogP contribution in [0.3, 0.4) is 0 Å². The van der Waals surface area contributed by atoms with E-state index in [-0.39, 0.29) is 18.1 Å². The zero-order valence-electron chi connectivity index (χ0n) is 11.4. The van der Waals surface area contributed by atoms with Gasteiger partial charge in [-0.05, 0) is 31.3 Å². The Hall–Kier alpha value is -1.42. The predicted octanol–water partition coefficient (Wildman–Crippen LogP) is 4.45. The first-order valence-electron chi connectivity index (χ1n) is 6.37. The van der Waals surface area contributed by atoms with E-state index in [1.165, 1.54) is 12.1 Å². The molecule has 0 bridgehead atoms. The summed E-state index contributed by atoms with van der Waals surface area (Å²) in [5, 5.41) is 0.808. The molecule has 0 saturated carbocycles. The number of benzene rings is 2. The smallest absolute Gasteiger partial charge is 0.178 e. The van der Waals surface area contributed by atoms with Gasteiger partial charge in [0.15, 0.2) is 5.78 Å². The number of hydrogen-bond donors (Lipinski definition) is 0. The Morgan fingerprint density at radius 3 is 2.57 bits per heavy atom. The molecule has 0 saturated heterocycles. The van der Waals surface area contributed by atoms with E-state index < -0.39 is 0 Å². The second kappa shape index (κ2) is 7.03. The Morgan fingerprint density at radius 2 is 1.90 bits per heavy atom. The molecule has 2 nitrogen and oxygen atoms in total. The molecule has 110 valence electrons. The Labute approximate surface area is 133 Å². The normalized spacial score (nSPS) is 10.9. The molecule has 0 atom stereocenters. The van der Waals surface area contributed by atoms with E-state index in [2.05, 4.69) is 0 Å². The fraction of sp³-hybridized carbons (Fsp3) is 0.188. The zero-order valence-corrected chi connectivity index (χ0v) is 13.0. The fourth-order valence-electron chi connectivity index (χ4n) is 2.02. The van der Waals surface area contributed by atoms with E-state index in [1.807, 2.05) is 0 Å². The van der Waals surface area contributed by atoms with Gasteiger partial charge >= 0.3 is 0 Å². The monoisotopic (exact) mass is 325 g/mol. The molecule has 0 aliphatic heterocycles. The summed E-state index contributed by atoms with van der Waals surface area (Å²) in [7, 11) is 1.76. The molecule has 0 fully saturated rings. The standard InChI is InChI=1S/C16H14Cl2FNO/c1-20(9-11-4-2-3-5-15(11)19)10-16(21)13-7-6-12(17)8-14(13)18/h2-8H,9-10H2,1H3. The molecule has 2 rings (SSSR count). The van der Waals surface area contributed by atoms with Crippen LogP contribution in [0, 0.1) is 5.82 Å². The van der Waals surface area contributed by atoms with Gasteiger partial charge < -0.3 is 0 Å². The lowest BCUT2D eigenvalue weighted by atomic mass is 10.1. The third-order valence-electron chi connectivity index (χ3n) is 3.04. The van der Waals surface area contributed by atoms with Crippen LogP contribution in [-0.2, 0) is 6.54 Å². The summed E-state index contributed by atoms with van der Waals surface area (Å²) in [5.41, 5.74) is 0.969. The highest BCUT2D eigenvalue weighted by Gasteiger charge is 2.14. The molecule has 0 aliphatic carbocycles. The van der Waals surface area contributed by atoms with Gasteiger partial charge in [-0.1, -0.05) is 41.4 Å². The van der Waals surface area contributed by atoms with Crippen molar-refractivity contribution >= 4 is 29.0 Å². The van der Waals surface area contributed by atoms with Crippen molar-refractivity contribution in [1.29, 1.82) is 0 Å². The van der Waals surface area contributed by atoms with Gasteiger partial charge in [0, 0.05) is 22.7 Å². The average Bonchev–Trinajstić information content (AvgIpc) is 2.41. The van der Waals surface area contributed by atoms with Gasteiger partial charge in [0.25, 0.3) is 0 Å². The van der Waals surface area contributed by atoms with Gasteiger partial charge in [-0.25, -0.2) is 4.39 Å². The van der Waals surface area contributed by atoms with Crippen molar-refractivity contribution in [3.8, 4) is 0 Å². The Bertz CT molecular complexity index is 660. The lowest BCUT2D eigenvalue weighted by Crippen LogP contribution is -2.26. The van der Waals surface area contributed by atoms with Crippen LogP contribution in [0.5, 0.6) is 0 Å². The van der Waals surface area contributed by atoms with Gasteiger partial charge in [-0.15, -0.1) is 0 Å². The van der Waals surface area contributed by atoms with Gasteiger partial charge in [0.2, 0.25) is 0 Å². The largest absolute Gasteiger partial charge is 0.294 e. The first kappa shape index (κ1) is 16.0. The minimum Gasteiger partial charge on any atom is -0.294 e. The average molecular weight is 326 g/mol. The molecule has 0 aromatic heterocycles. The summed E-state index contributed by atoms with van der Waals surface area (Å²) in [5.74, 6) is -0.406. The van der Waals surface area contributed by atoms with Crippen LogP contribution in [0.15, 0.2) is 42.5 Å². The molecule has 21 heavy (non-hydrogen) atoms. The molecule has 2 aromatic rings. The SMILES string of the molecule is CN(CC(=O)c1ccc(Cl)cc1Cl)Cc1ccccc1F. The number of nitrogens with zero attached hydrogens (tertiary/aromatic N) is 1. The van der Waals surface area contributed by atoms with Gasteiger partial charge in [-0.3, -0.25) is 9.69 Å². The minimum atomic E-state index is -0.277. The lowest BCUT2D eigenvalue weighted by molar-refractivity contribution is 0.0942. The van der Waals surface area contributed by atoms with Crippen molar-refractivity contribution in [3.05, 3.63) is 69.5 Å². The van der Waals surface area contributed by atoms with E-state index >= 15 is 0 Å². The molecule has 0 unspecified atom stereocenters. The van der Waals surface area contributed by atoms with E-state index in [1.54, 1.807) is 42.3 Å². The number of ketones is 1. The van der Waals surface area contributed by atoms with Crippen LogP contribution in [-0.4, -0.2) is 24.3 Å². The highest BCUT2D eigenvalue weighted by atomic mass is 35.5. The van der Waals surface area contributed by atoms with E-state index in [0.717, 1.165) is 0 Å².